The van der Waals surface area contributed by atoms with Gasteiger partial charge in [-0.25, -0.2) is 14.2 Å². The number of carbonyl (C=O) groups is 2. The molecule has 1 fully saturated rings. The molecule has 28 heavy (non-hydrogen) atoms. The van der Waals surface area contributed by atoms with Gasteiger partial charge in [-0.15, -0.1) is 0 Å². The zero-order chi connectivity index (χ0) is 20.3. The van der Waals surface area contributed by atoms with E-state index < -0.39 is 5.97 Å². The number of likely N-dealkylation sites (N-methyl/N-ethyl adjacent to an activating group) is 1. The number of rotatable bonds is 5. The monoisotopic (exact) mass is 390 g/mol. The molecule has 2 aliphatic heterocycles. The van der Waals surface area contributed by atoms with Crippen molar-refractivity contribution in [3.05, 3.63) is 41.9 Å². The van der Waals surface area contributed by atoms with Crippen LogP contribution in [0, 0.1) is 5.82 Å². The Morgan fingerprint density at radius 1 is 1.14 bits per heavy atom. The lowest BCUT2D eigenvalue weighted by Crippen LogP contribution is -2.53. The molecule has 2 heterocycles. The first-order valence-corrected chi connectivity index (χ1v) is 9.58. The third-order valence-electron chi connectivity index (χ3n) is 5.24. The van der Waals surface area contributed by atoms with Gasteiger partial charge in [0.25, 0.3) is 0 Å². The number of ether oxygens (including phenoxy) is 1. The molecule has 1 unspecified atom stereocenters. The van der Waals surface area contributed by atoms with Crippen molar-refractivity contribution in [2.24, 2.45) is 0 Å². The van der Waals surface area contributed by atoms with E-state index in [0.717, 1.165) is 5.69 Å². The minimum absolute atomic E-state index is 0.0162. The number of anilines is 1. The second-order valence-electron chi connectivity index (χ2n) is 6.99. The normalized spacial score (nSPS) is 20.4. The molecule has 0 N–H and O–H groups in total. The number of nitrogens with zero attached hydrogens (tertiary/aromatic N) is 4. The van der Waals surface area contributed by atoms with Gasteiger partial charge >= 0.3 is 5.97 Å². The Bertz CT molecular complexity index is 744. The molecule has 1 atom stereocenters. The number of amides is 1. The van der Waals surface area contributed by atoms with Crippen LogP contribution in [0.1, 0.15) is 13.8 Å². The molecule has 1 aromatic carbocycles. The molecular formula is C20H27FN4O3. The summed E-state index contributed by atoms with van der Waals surface area (Å²) in [5.74, 6) is -0.700. The van der Waals surface area contributed by atoms with Gasteiger partial charge in [0.1, 0.15) is 18.1 Å². The second kappa shape index (κ2) is 8.60. The zero-order valence-electron chi connectivity index (χ0n) is 16.6. The minimum Gasteiger partial charge on any atom is -0.461 e. The van der Waals surface area contributed by atoms with E-state index >= 15 is 0 Å². The Hall–Kier alpha value is -2.61. The number of hydrogen-bond donors (Lipinski definition) is 0. The van der Waals surface area contributed by atoms with Gasteiger partial charge in [0.15, 0.2) is 0 Å². The number of hydrazine groups is 1. The van der Waals surface area contributed by atoms with Crippen LogP contribution >= 0.6 is 0 Å². The van der Waals surface area contributed by atoms with E-state index in [9.17, 15) is 14.0 Å². The van der Waals surface area contributed by atoms with Gasteiger partial charge in [-0.3, -0.25) is 9.80 Å². The number of carbonyl (C=O) groups excluding carboxylic acids is 2. The van der Waals surface area contributed by atoms with Crippen molar-refractivity contribution in [2.45, 2.75) is 19.9 Å². The van der Waals surface area contributed by atoms with Crippen molar-refractivity contribution in [2.75, 3.05) is 51.3 Å². The summed E-state index contributed by atoms with van der Waals surface area (Å²) in [7, 11) is 1.85. The van der Waals surface area contributed by atoms with E-state index in [1.807, 2.05) is 25.1 Å². The third-order valence-corrected chi connectivity index (χ3v) is 5.24. The van der Waals surface area contributed by atoms with Gasteiger partial charge in [0, 0.05) is 45.0 Å². The molecule has 0 saturated carbocycles. The fraction of sp³-hybridized carbons (Fsp3) is 0.500. The van der Waals surface area contributed by atoms with Gasteiger partial charge in [-0.2, -0.15) is 0 Å². The summed E-state index contributed by atoms with van der Waals surface area (Å²) < 4.78 is 18.2. The van der Waals surface area contributed by atoms with Crippen molar-refractivity contribution in [1.29, 1.82) is 0 Å². The van der Waals surface area contributed by atoms with Crippen LogP contribution in [-0.4, -0.2) is 79.2 Å². The zero-order valence-corrected chi connectivity index (χ0v) is 16.6. The molecule has 152 valence electrons. The molecule has 1 aromatic rings. The van der Waals surface area contributed by atoms with Crippen molar-refractivity contribution in [1.82, 2.24) is 14.9 Å². The second-order valence-corrected chi connectivity index (χ2v) is 6.99. The Balaban J connectivity index is 1.58. The summed E-state index contributed by atoms with van der Waals surface area (Å²) in [5, 5.41) is 3.57. The van der Waals surface area contributed by atoms with E-state index in [2.05, 4.69) is 4.90 Å². The maximum absolute atomic E-state index is 13.1. The standard InChI is InChI=1S/C20H27FN4O3/c1-4-28-20(27)18-13-15(2)22(3)25(18)14-19(26)24-11-9-23(10-12-24)17-7-5-16(21)6-8-17/h5-8,13,15H,4,9-12,14H2,1-3H3. The summed E-state index contributed by atoms with van der Waals surface area (Å²) in [6.45, 7) is 6.66. The third kappa shape index (κ3) is 4.27. The first kappa shape index (κ1) is 20.1. The van der Waals surface area contributed by atoms with Crippen LogP contribution in [0.5, 0.6) is 0 Å². The topological polar surface area (TPSA) is 56.3 Å². The molecule has 2 aliphatic rings. The summed E-state index contributed by atoms with van der Waals surface area (Å²) >= 11 is 0. The predicted octanol–water partition coefficient (Wildman–Crippen LogP) is 1.47. The average molecular weight is 390 g/mol. The summed E-state index contributed by atoms with van der Waals surface area (Å²) in [6, 6.07) is 6.41. The minimum atomic E-state index is -0.410. The molecule has 0 spiro atoms. The van der Waals surface area contributed by atoms with E-state index in [1.165, 1.54) is 12.1 Å². The largest absolute Gasteiger partial charge is 0.461 e. The number of hydrogen-bond acceptors (Lipinski definition) is 6. The molecule has 7 nitrogen and oxygen atoms in total. The summed E-state index contributed by atoms with van der Waals surface area (Å²) in [4.78, 5) is 29.0. The fourth-order valence-corrected chi connectivity index (χ4v) is 3.48. The lowest BCUT2D eigenvalue weighted by atomic mass is 10.2. The van der Waals surface area contributed by atoms with Gasteiger partial charge in [-0.1, -0.05) is 0 Å². The Kier molecular flexibility index (Phi) is 6.18. The SMILES string of the molecule is CCOC(=O)C1=CC(C)N(C)N1CC(=O)N1CCN(c2ccc(F)cc2)CC1. The lowest BCUT2D eigenvalue weighted by Gasteiger charge is -2.38. The molecule has 0 aliphatic carbocycles. The predicted molar refractivity (Wildman–Crippen MR) is 104 cm³/mol. The Morgan fingerprint density at radius 2 is 1.79 bits per heavy atom. The maximum Gasteiger partial charge on any atom is 0.355 e. The van der Waals surface area contributed by atoms with Crippen molar-refractivity contribution >= 4 is 17.6 Å². The molecule has 1 amide bonds. The average Bonchev–Trinajstić information content (AvgIpc) is 2.97. The van der Waals surface area contributed by atoms with Crippen LogP contribution in [0.15, 0.2) is 36.0 Å². The van der Waals surface area contributed by atoms with Crippen LogP contribution in [0.4, 0.5) is 10.1 Å². The summed E-state index contributed by atoms with van der Waals surface area (Å²) in [6.07, 6.45) is 1.82. The fourth-order valence-electron chi connectivity index (χ4n) is 3.48. The Morgan fingerprint density at radius 3 is 2.39 bits per heavy atom. The number of esters is 1. The van der Waals surface area contributed by atoms with Gasteiger partial charge in [-0.05, 0) is 44.2 Å². The smallest absolute Gasteiger partial charge is 0.355 e. The number of piperazine rings is 1. The van der Waals surface area contributed by atoms with Crippen molar-refractivity contribution < 1.29 is 18.7 Å². The van der Waals surface area contributed by atoms with Crippen LogP contribution < -0.4 is 4.90 Å². The van der Waals surface area contributed by atoms with E-state index in [4.69, 9.17) is 4.74 Å². The van der Waals surface area contributed by atoms with Crippen LogP contribution in [0.2, 0.25) is 0 Å². The van der Waals surface area contributed by atoms with Gasteiger partial charge in [0.05, 0.1) is 6.61 Å². The summed E-state index contributed by atoms with van der Waals surface area (Å²) in [5.41, 5.74) is 1.37. The van der Waals surface area contributed by atoms with E-state index in [-0.39, 0.29) is 24.3 Å². The molecule has 1 saturated heterocycles. The first-order chi connectivity index (χ1) is 13.4. The van der Waals surface area contributed by atoms with Crippen molar-refractivity contribution in [3.8, 4) is 0 Å². The van der Waals surface area contributed by atoms with E-state index in [0.29, 0.717) is 38.5 Å². The van der Waals surface area contributed by atoms with Gasteiger partial charge in [0.2, 0.25) is 5.91 Å². The van der Waals surface area contributed by atoms with Crippen LogP contribution in [-0.2, 0) is 14.3 Å². The highest BCUT2D eigenvalue weighted by molar-refractivity contribution is 5.89. The number of benzene rings is 1. The molecule has 0 aromatic heterocycles. The highest BCUT2D eigenvalue weighted by Crippen LogP contribution is 2.22. The quantitative estimate of drug-likeness (QED) is 0.710. The first-order valence-electron chi connectivity index (χ1n) is 9.58. The van der Waals surface area contributed by atoms with Crippen molar-refractivity contribution in [3.63, 3.8) is 0 Å². The number of halogens is 1. The molecular weight excluding hydrogens is 363 g/mol. The lowest BCUT2D eigenvalue weighted by molar-refractivity contribution is -0.144. The van der Waals surface area contributed by atoms with Crippen LogP contribution in [0.3, 0.4) is 0 Å². The Labute approximate surface area is 164 Å². The van der Waals surface area contributed by atoms with Crippen LogP contribution in [0.25, 0.3) is 0 Å². The molecule has 8 heteroatoms. The van der Waals surface area contributed by atoms with E-state index in [1.54, 1.807) is 29.0 Å². The highest BCUT2D eigenvalue weighted by atomic mass is 19.1. The molecule has 0 bridgehead atoms. The van der Waals surface area contributed by atoms with Gasteiger partial charge < -0.3 is 14.5 Å². The molecule has 3 rings (SSSR count). The maximum atomic E-state index is 13.1. The molecule has 0 radical (unpaired) electrons. The highest BCUT2D eigenvalue weighted by Gasteiger charge is 2.34.